The Balaban J connectivity index is 3.28. The molecule has 0 spiro atoms. The number of ether oxygens (including phenoxy) is 4. The van der Waals surface area contributed by atoms with Crippen LogP contribution in [-0.2, 0) is 38.1 Å². The molecule has 1 aliphatic rings. The molecule has 1 aliphatic carbocycles. The molecule has 0 radical (unpaired) electrons. The highest BCUT2D eigenvalue weighted by Gasteiger charge is 2.54. The SMILES string of the molecule is CC(=O)O[C@@H]1[C@H](OC(C)=O)[C@@H](OC(C)=O)[C@H](C)[C@@H](C)[C@@H]1OC(C)=O. The minimum absolute atomic E-state index is 0.297. The van der Waals surface area contributed by atoms with Gasteiger partial charge in [-0.1, -0.05) is 13.8 Å². The molecule has 8 heteroatoms. The average molecular weight is 344 g/mol. The maximum absolute atomic E-state index is 11.5. The largest absolute Gasteiger partial charge is 0.458 e. The van der Waals surface area contributed by atoms with Gasteiger partial charge in [-0.2, -0.15) is 0 Å². The van der Waals surface area contributed by atoms with E-state index in [2.05, 4.69) is 0 Å². The quantitative estimate of drug-likeness (QED) is 0.549. The van der Waals surface area contributed by atoms with Gasteiger partial charge in [0.1, 0.15) is 12.2 Å². The molecule has 0 N–H and O–H groups in total. The first-order chi connectivity index (χ1) is 11.0. The van der Waals surface area contributed by atoms with Crippen molar-refractivity contribution in [1.29, 1.82) is 0 Å². The fraction of sp³-hybridized carbons (Fsp3) is 0.750. The topological polar surface area (TPSA) is 105 Å². The van der Waals surface area contributed by atoms with Gasteiger partial charge < -0.3 is 18.9 Å². The fourth-order valence-corrected chi connectivity index (χ4v) is 2.95. The van der Waals surface area contributed by atoms with E-state index in [0.29, 0.717) is 0 Å². The van der Waals surface area contributed by atoms with Crippen molar-refractivity contribution in [1.82, 2.24) is 0 Å². The van der Waals surface area contributed by atoms with Gasteiger partial charge in [0, 0.05) is 39.5 Å². The molecule has 8 nitrogen and oxygen atoms in total. The second-order valence-electron chi connectivity index (χ2n) is 6.01. The van der Waals surface area contributed by atoms with E-state index in [1.165, 1.54) is 27.7 Å². The van der Waals surface area contributed by atoms with Crippen molar-refractivity contribution in [3.63, 3.8) is 0 Å². The third-order valence-corrected chi connectivity index (χ3v) is 4.05. The van der Waals surface area contributed by atoms with E-state index < -0.39 is 48.3 Å². The molecule has 0 aromatic carbocycles. The molecule has 1 fully saturated rings. The zero-order valence-corrected chi connectivity index (χ0v) is 14.7. The Morgan fingerprint density at radius 2 is 0.708 bits per heavy atom. The number of hydrogen-bond acceptors (Lipinski definition) is 8. The van der Waals surface area contributed by atoms with Crippen LogP contribution in [0.2, 0.25) is 0 Å². The van der Waals surface area contributed by atoms with Crippen molar-refractivity contribution in [2.24, 2.45) is 11.8 Å². The summed E-state index contributed by atoms with van der Waals surface area (Å²) in [4.78, 5) is 45.8. The molecule has 0 aliphatic heterocycles. The maximum atomic E-state index is 11.5. The third-order valence-electron chi connectivity index (χ3n) is 4.05. The standard InChI is InChI=1S/C16H24O8/c1-7-8(2)14(22-10(4)18)16(24-12(6)20)15(23-11(5)19)13(7)21-9(3)17/h7-8,13-16H,1-6H3/t7-,8-,13+,14+,15-,16+/m1/s1. The van der Waals surface area contributed by atoms with Gasteiger partial charge in [0.05, 0.1) is 0 Å². The van der Waals surface area contributed by atoms with Gasteiger partial charge in [-0.3, -0.25) is 19.2 Å². The van der Waals surface area contributed by atoms with Gasteiger partial charge in [-0.25, -0.2) is 0 Å². The van der Waals surface area contributed by atoms with Crippen molar-refractivity contribution >= 4 is 23.9 Å². The lowest BCUT2D eigenvalue weighted by Gasteiger charge is -2.46. The molecular weight excluding hydrogens is 320 g/mol. The van der Waals surface area contributed by atoms with Crippen LogP contribution in [0, 0.1) is 11.8 Å². The van der Waals surface area contributed by atoms with Gasteiger partial charge in [0.2, 0.25) is 0 Å². The summed E-state index contributed by atoms with van der Waals surface area (Å²) >= 11 is 0. The summed E-state index contributed by atoms with van der Waals surface area (Å²) in [5.41, 5.74) is 0. The number of esters is 4. The summed E-state index contributed by atoms with van der Waals surface area (Å²) in [7, 11) is 0. The lowest BCUT2D eigenvalue weighted by molar-refractivity contribution is -0.227. The van der Waals surface area contributed by atoms with E-state index in [9.17, 15) is 19.2 Å². The Morgan fingerprint density at radius 3 is 0.917 bits per heavy atom. The number of hydrogen-bond donors (Lipinski definition) is 0. The number of rotatable bonds is 4. The second-order valence-corrected chi connectivity index (χ2v) is 6.01. The highest BCUT2D eigenvalue weighted by molar-refractivity contribution is 5.69. The summed E-state index contributed by atoms with van der Waals surface area (Å²) in [6.07, 6.45) is -3.77. The molecule has 0 bridgehead atoms. The molecule has 6 atom stereocenters. The molecule has 0 unspecified atom stereocenters. The lowest BCUT2D eigenvalue weighted by Crippen LogP contribution is -2.61. The van der Waals surface area contributed by atoms with E-state index >= 15 is 0 Å². The summed E-state index contributed by atoms with van der Waals surface area (Å²) in [6, 6.07) is 0. The van der Waals surface area contributed by atoms with Gasteiger partial charge in [-0.15, -0.1) is 0 Å². The van der Waals surface area contributed by atoms with Crippen LogP contribution in [-0.4, -0.2) is 48.3 Å². The van der Waals surface area contributed by atoms with Crippen molar-refractivity contribution in [3.05, 3.63) is 0 Å². The molecule has 1 saturated carbocycles. The van der Waals surface area contributed by atoms with Crippen LogP contribution in [0.3, 0.4) is 0 Å². The maximum Gasteiger partial charge on any atom is 0.303 e. The third kappa shape index (κ3) is 4.94. The van der Waals surface area contributed by atoms with Gasteiger partial charge >= 0.3 is 23.9 Å². The van der Waals surface area contributed by atoms with Crippen molar-refractivity contribution in [2.75, 3.05) is 0 Å². The second kappa shape index (κ2) is 8.12. The Labute approximate surface area is 140 Å². The van der Waals surface area contributed by atoms with E-state index in [0.717, 1.165) is 0 Å². The highest BCUT2D eigenvalue weighted by atomic mass is 16.6. The molecule has 1 rings (SSSR count). The molecule has 0 aromatic heterocycles. The van der Waals surface area contributed by atoms with Crippen LogP contribution in [0.15, 0.2) is 0 Å². The van der Waals surface area contributed by atoms with Crippen LogP contribution in [0.4, 0.5) is 0 Å². The fourth-order valence-electron chi connectivity index (χ4n) is 2.95. The smallest absolute Gasteiger partial charge is 0.303 e. The molecule has 24 heavy (non-hydrogen) atoms. The first-order valence-electron chi connectivity index (χ1n) is 7.73. The predicted molar refractivity (Wildman–Crippen MR) is 80.5 cm³/mol. The average Bonchev–Trinajstić information content (AvgIpc) is 2.42. The first kappa shape index (κ1) is 19.9. The highest BCUT2D eigenvalue weighted by Crippen LogP contribution is 2.37. The van der Waals surface area contributed by atoms with Gasteiger partial charge in [-0.05, 0) is 0 Å². The zero-order chi connectivity index (χ0) is 18.6. The lowest BCUT2D eigenvalue weighted by atomic mass is 9.74. The van der Waals surface area contributed by atoms with E-state index in [1.54, 1.807) is 13.8 Å². The number of carbonyl (C=O) groups excluding carboxylic acids is 4. The van der Waals surface area contributed by atoms with Crippen LogP contribution < -0.4 is 0 Å². The van der Waals surface area contributed by atoms with Crippen LogP contribution >= 0.6 is 0 Å². The summed E-state index contributed by atoms with van der Waals surface area (Å²) in [6.45, 7) is 8.44. The Morgan fingerprint density at radius 1 is 0.500 bits per heavy atom. The van der Waals surface area contributed by atoms with E-state index in [1.807, 2.05) is 0 Å². The molecular formula is C16H24O8. The first-order valence-corrected chi connectivity index (χ1v) is 7.73. The summed E-state index contributed by atoms with van der Waals surface area (Å²) < 4.78 is 21.1. The number of carbonyl (C=O) groups is 4. The monoisotopic (exact) mass is 344 g/mol. The van der Waals surface area contributed by atoms with Crippen LogP contribution in [0.5, 0.6) is 0 Å². The van der Waals surface area contributed by atoms with Crippen LogP contribution in [0.25, 0.3) is 0 Å². The zero-order valence-electron chi connectivity index (χ0n) is 14.7. The normalized spacial score (nSPS) is 32.4. The van der Waals surface area contributed by atoms with E-state index in [-0.39, 0.29) is 11.8 Å². The Hall–Kier alpha value is -2.12. The molecule has 0 amide bonds. The Kier molecular flexibility index (Phi) is 6.74. The molecule has 0 heterocycles. The van der Waals surface area contributed by atoms with Gasteiger partial charge in [0.15, 0.2) is 12.2 Å². The van der Waals surface area contributed by atoms with E-state index in [4.69, 9.17) is 18.9 Å². The van der Waals surface area contributed by atoms with Crippen molar-refractivity contribution < 1.29 is 38.1 Å². The predicted octanol–water partition coefficient (Wildman–Crippen LogP) is 0.999. The van der Waals surface area contributed by atoms with Crippen molar-refractivity contribution in [3.8, 4) is 0 Å². The molecule has 0 aromatic rings. The minimum Gasteiger partial charge on any atom is -0.458 e. The molecule has 136 valence electrons. The Bertz CT molecular complexity index is 468. The summed E-state index contributed by atoms with van der Waals surface area (Å²) in [5.74, 6) is -2.95. The summed E-state index contributed by atoms with van der Waals surface area (Å²) in [5, 5.41) is 0. The van der Waals surface area contributed by atoms with Crippen molar-refractivity contribution in [2.45, 2.75) is 66.0 Å². The molecule has 0 saturated heterocycles. The minimum atomic E-state index is -1.06. The van der Waals surface area contributed by atoms with Crippen LogP contribution in [0.1, 0.15) is 41.5 Å². The van der Waals surface area contributed by atoms with Gasteiger partial charge in [0.25, 0.3) is 0 Å².